The largest absolute Gasteiger partial charge is 0.282 e. The standard InChI is InChI=1S/C8H11ClN2O2S/c9-14(12,13)5-7-4-10-11-8(7)6-2-1-3-6/h4,6H,1-3,5H2,(H,10,11). The van der Waals surface area contributed by atoms with Crippen molar-refractivity contribution in [3.05, 3.63) is 17.5 Å². The van der Waals surface area contributed by atoms with Crippen molar-refractivity contribution in [3.63, 3.8) is 0 Å². The van der Waals surface area contributed by atoms with Gasteiger partial charge in [0.2, 0.25) is 9.05 Å². The lowest BCUT2D eigenvalue weighted by molar-refractivity contribution is 0.409. The van der Waals surface area contributed by atoms with Gasteiger partial charge in [0.05, 0.1) is 11.9 Å². The van der Waals surface area contributed by atoms with Crippen molar-refractivity contribution in [1.82, 2.24) is 10.2 Å². The minimum Gasteiger partial charge on any atom is -0.282 e. The number of hydrogen-bond acceptors (Lipinski definition) is 3. The quantitative estimate of drug-likeness (QED) is 0.811. The summed E-state index contributed by atoms with van der Waals surface area (Å²) in [6, 6.07) is 0. The van der Waals surface area contributed by atoms with Crippen molar-refractivity contribution in [3.8, 4) is 0 Å². The minimum absolute atomic E-state index is 0.128. The van der Waals surface area contributed by atoms with Crippen LogP contribution in [0, 0.1) is 0 Å². The molecule has 0 bridgehead atoms. The summed E-state index contributed by atoms with van der Waals surface area (Å²) in [4.78, 5) is 0. The summed E-state index contributed by atoms with van der Waals surface area (Å²) in [6.07, 6.45) is 4.97. The number of halogens is 1. The van der Waals surface area contributed by atoms with Crippen LogP contribution in [0.3, 0.4) is 0 Å². The van der Waals surface area contributed by atoms with E-state index in [-0.39, 0.29) is 5.75 Å². The summed E-state index contributed by atoms with van der Waals surface area (Å²) in [5, 5.41) is 6.72. The number of aromatic nitrogens is 2. The molecule has 14 heavy (non-hydrogen) atoms. The van der Waals surface area contributed by atoms with Crippen molar-refractivity contribution in [2.24, 2.45) is 0 Å². The molecule has 1 aromatic rings. The van der Waals surface area contributed by atoms with E-state index in [0.717, 1.165) is 18.5 Å². The number of aromatic amines is 1. The van der Waals surface area contributed by atoms with E-state index in [9.17, 15) is 8.42 Å². The zero-order valence-corrected chi connectivity index (χ0v) is 9.11. The lowest BCUT2D eigenvalue weighted by Crippen LogP contribution is -2.12. The molecule has 0 amide bonds. The van der Waals surface area contributed by atoms with E-state index in [1.54, 1.807) is 6.20 Å². The zero-order chi connectivity index (χ0) is 10.2. The van der Waals surface area contributed by atoms with Gasteiger partial charge in [0.1, 0.15) is 0 Å². The third kappa shape index (κ3) is 2.09. The van der Waals surface area contributed by atoms with Gasteiger partial charge in [0.25, 0.3) is 0 Å². The van der Waals surface area contributed by atoms with E-state index in [1.807, 2.05) is 0 Å². The van der Waals surface area contributed by atoms with E-state index in [4.69, 9.17) is 10.7 Å². The molecule has 0 aromatic carbocycles. The maximum atomic E-state index is 10.9. The molecule has 78 valence electrons. The van der Waals surface area contributed by atoms with Crippen LogP contribution < -0.4 is 0 Å². The average Bonchev–Trinajstić information content (AvgIpc) is 2.30. The SMILES string of the molecule is O=S(=O)(Cl)Cc1cn[nH]c1C1CCC1. The van der Waals surface area contributed by atoms with Gasteiger partial charge >= 0.3 is 0 Å². The molecule has 1 aliphatic rings. The van der Waals surface area contributed by atoms with Gasteiger partial charge in [0, 0.05) is 27.9 Å². The smallest absolute Gasteiger partial charge is 0.236 e. The van der Waals surface area contributed by atoms with E-state index in [0.29, 0.717) is 11.5 Å². The second-order valence-electron chi connectivity index (χ2n) is 3.62. The molecule has 4 nitrogen and oxygen atoms in total. The molecule has 0 spiro atoms. The van der Waals surface area contributed by atoms with Crippen LogP contribution in [0.2, 0.25) is 0 Å². The summed E-state index contributed by atoms with van der Waals surface area (Å²) >= 11 is 0. The van der Waals surface area contributed by atoms with Gasteiger partial charge in [0.15, 0.2) is 0 Å². The number of hydrogen-bond donors (Lipinski definition) is 1. The zero-order valence-electron chi connectivity index (χ0n) is 7.53. The topological polar surface area (TPSA) is 62.8 Å². The van der Waals surface area contributed by atoms with Crippen LogP contribution in [0.15, 0.2) is 6.20 Å². The Balaban J connectivity index is 2.21. The molecular weight excluding hydrogens is 224 g/mol. The second kappa shape index (κ2) is 3.55. The number of H-pyrrole nitrogens is 1. The fraction of sp³-hybridized carbons (Fsp3) is 0.625. The van der Waals surface area contributed by atoms with Crippen molar-refractivity contribution in [2.75, 3.05) is 0 Å². The second-order valence-corrected chi connectivity index (χ2v) is 6.40. The van der Waals surface area contributed by atoms with Crippen molar-refractivity contribution < 1.29 is 8.42 Å². The van der Waals surface area contributed by atoms with Crippen LogP contribution >= 0.6 is 10.7 Å². The van der Waals surface area contributed by atoms with Crippen LogP contribution in [0.25, 0.3) is 0 Å². The summed E-state index contributed by atoms with van der Waals surface area (Å²) in [7, 11) is 1.72. The van der Waals surface area contributed by atoms with Gasteiger partial charge in [-0.2, -0.15) is 5.10 Å². The Morgan fingerprint density at radius 1 is 1.57 bits per heavy atom. The van der Waals surface area contributed by atoms with Crippen LogP contribution in [0.4, 0.5) is 0 Å². The first-order chi connectivity index (χ1) is 6.56. The molecular formula is C8H11ClN2O2S. The summed E-state index contributed by atoms with van der Waals surface area (Å²) in [5.74, 6) is 0.322. The predicted octanol–water partition coefficient (Wildman–Crippen LogP) is 1.75. The highest BCUT2D eigenvalue weighted by Gasteiger charge is 2.25. The van der Waals surface area contributed by atoms with E-state index in [2.05, 4.69) is 10.2 Å². The van der Waals surface area contributed by atoms with Crippen molar-refractivity contribution in [2.45, 2.75) is 30.9 Å². The molecule has 0 aliphatic heterocycles. The van der Waals surface area contributed by atoms with Gasteiger partial charge in [-0.25, -0.2) is 8.42 Å². The minimum atomic E-state index is -3.48. The van der Waals surface area contributed by atoms with Crippen molar-refractivity contribution >= 4 is 19.7 Å². The van der Waals surface area contributed by atoms with E-state index >= 15 is 0 Å². The highest BCUT2D eigenvalue weighted by Crippen LogP contribution is 2.37. The maximum Gasteiger partial charge on any atom is 0.236 e. The molecule has 1 N–H and O–H groups in total. The van der Waals surface area contributed by atoms with Gasteiger partial charge in [-0.3, -0.25) is 5.10 Å². The molecule has 1 aliphatic carbocycles. The summed E-state index contributed by atoms with van der Waals surface area (Å²) < 4.78 is 21.8. The van der Waals surface area contributed by atoms with Crippen LogP contribution in [-0.4, -0.2) is 18.6 Å². The molecule has 0 atom stereocenters. The Hall–Kier alpha value is -0.550. The first-order valence-corrected chi connectivity index (χ1v) is 6.98. The molecule has 1 saturated carbocycles. The third-order valence-electron chi connectivity index (χ3n) is 2.59. The fourth-order valence-electron chi connectivity index (χ4n) is 1.67. The summed E-state index contributed by atoms with van der Waals surface area (Å²) in [6.45, 7) is 0. The monoisotopic (exact) mass is 234 g/mol. The molecule has 1 heterocycles. The number of rotatable bonds is 3. The Morgan fingerprint density at radius 2 is 2.29 bits per heavy atom. The Kier molecular flexibility index (Phi) is 2.53. The summed E-state index contributed by atoms with van der Waals surface area (Å²) in [5.41, 5.74) is 1.66. The van der Waals surface area contributed by atoms with Gasteiger partial charge < -0.3 is 0 Å². The Bertz CT molecular complexity index is 422. The molecule has 2 rings (SSSR count). The Labute approximate surface area is 87.1 Å². The number of nitrogens with one attached hydrogen (secondary N) is 1. The molecule has 6 heteroatoms. The highest BCUT2D eigenvalue weighted by molar-refractivity contribution is 8.13. The van der Waals surface area contributed by atoms with Gasteiger partial charge in [-0.15, -0.1) is 0 Å². The average molecular weight is 235 g/mol. The molecule has 0 radical (unpaired) electrons. The van der Waals surface area contributed by atoms with E-state index < -0.39 is 9.05 Å². The molecule has 0 saturated heterocycles. The normalized spacial score (nSPS) is 18.1. The Morgan fingerprint density at radius 3 is 2.79 bits per heavy atom. The van der Waals surface area contributed by atoms with E-state index in [1.165, 1.54) is 6.42 Å². The number of nitrogens with zero attached hydrogens (tertiary/aromatic N) is 1. The first kappa shape index (κ1) is 9.98. The third-order valence-corrected chi connectivity index (χ3v) is 3.58. The van der Waals surface area contributed by atoms with Gasteiger partial charge in [-0.1, -0.05) is 6.42 Å². The molecule has 0 unspecified atom stereocenters. The predicted molar refractivity (Wildman–Crippen MR) is 53.7 cm³/mol. The fourth-order valence-corrected chi connectivity index (χ4v) is 2.63. The maximum absolute atomic E-state index is 10.9. The van der Waals surface area contributed by atoms with Crippen LogP contribution in [-0.2, 0) is 14.8 Å². The molecule has 1 fully saturated rings. The molecule has 1 aromatic heterocycles. The lowest BCUT2D eigenvalue weighted by Gasteiger charge is -2.24. The highest BCUT2D eigenvalue weighted by atomic mass is 35.7. The lowest BCUT2D eigenvalue weighted by atomic mass is 9.82. The van der Waals surface area contributed by atoms with Crippen molar-refractivity contribution in [1.29, 1.82) is 0 Å². The first-order valence-electron chi connectivity index (χ1n) is 4.51. The van der Waals surface area contributed by atoms with Crippen LogP contribution in [0.1, 0.15) is 36.4 Å². The van der Waals surface area contributed by atoms with Crippen LogP contribution in [0.5, 0.6) is 0 Å². The van der Waals surface area contributed by atoms with Gasteiger partial charge in [-0.05, 0) is 12.8 Å².